The highest BCUT2D eigenvalue weighted by molar-refractivity contribution is 5.95. The fourth-order valence-corrected chi connectivity index (χ4v) is 3.15. The van der Waals surface area contributed by atoms with E-state index in [0.29, 0.717) is 6.54 Å². The zero-order valence-corrected chi connectivity index (χ0v) is 13.4. The molecule has 1 amide bonds. The van der Waals surface area contributed by atoms with Gasteiger partial charge in [0.15, 0.2) is 0 Å². The lowest BCUT2D eigenvalue weighted by Gasteiger charge is -2.49. The van der Waals surface area contributed by atoms with E-state index < -0.39 is 0 Å². The van der Waals surface area contributed by atoms with E-state index in [-0.39, 0.29) is 11.4 Å². The first-order valence-electron chi connectivity index (χ1n) is 7.71. The highest BCUT2D eigenvalue weighted by Gasteiger charge is 2.40. The molecule has 0 saturated heterocycles. The van der Waals surface area contributed by atoms with Crippen molar-refractivity contribution in [3.05, 3.63) is 35.4 Å². The second kappa shape index (κ2) is 6.58. The van der Waals surface area contributed by atoms with Crippen LogP contribution in [0.5, 0.6) is 0 Å². The van der Waals surface area contributed by atoms with Crippen LogP contribution in [-0.2, 0) is 6.42 Å². The van der Waals surface area contributed by atoms with Gasteiger partial charge >= 0.3 is 0 Å². The first-order valence-corrected chi connectivity index (χ1v) is 7.71. The van der Waals surface area contributed by atoms with Gasteiger partial charge in [-0.1, -0.05) is 18.2 Å². The number of rotatable bonds is 6. The maximum atomic E-state index is 12.7. The smallest absolute Gasteiger partial charge is 0.253 e. The molecule has 0 unspecified atom stereocenters. The fourth-order valence-electron chi connectivity index (χ4n) is 3.15. The number of nitrogens with zero attached hydrogens (tertiary/aromatic N) is 2. The molecule has 1 aromatic carbocycles. The Balaban J connectivity index is 2.12. The Morgan fingerprint density at radius 3 is 2.43 bits per heavy atom. The summed E-state index contributed by atoms with van der Waals surface area (Å²) in [6, 6.07) is 7.80. The van der Waals surface area contributed by atoms with Gasteiger partial charge in [-0.05, 0) is 58.0 Å². The lowest BCUT2D eigenvalue weighted by atomic mass is 9.75. The van der Waals surface area contributed by atoms with Gasteiger partial charge in [0, 0.05) is 24.7 Å². The molecule has 4 nitrogen and oxygen atoms in total. The molecule has 0 aromatic heterocycles. The molecule has 116 valence electrons. The van der Waals surface area contributed by atoms with Gasteiger partial charge in [-0.2, -0.15) is 0 Å². The molecule has 0 heterocycles. The molecule has 4 heteroatoms. The van der Waals surface area contributed by atoms with Crippen molar-refractivity contribution in [3.8, 4) is 0 Å². The van der Waals surface area contributed by atoms with E-state index in [0.717, 1.165) is 24.1 Å². The van der Waals surface area contributed by atoms with Gasteiger partial charge in [-0.3, -0.25) is 4.79 Å². The minimum atomic E-state index is 0.104. The van der Waals surface area contributed by atoms with Crippen LogP contribution in [0.3, 0.4) is 0 Å². The zero-order chi connectivity index (χ0) is 15.5. The molecule has 1 aliphatic carbocycles. The van der Waals surface area contributed by atoms with E-state index >= 15 is 0 Å². The molecule has 21 heavy (non-hydrogen) atoms. The van der Waals surface area contributed by atoms with Crippen molar-refractivity contribution in [1.29, 1.82) is 0 Å². The number of nitrogens with two attached hydrogens (primary N) is 1. The summed E-state index contributed by atoms with van der Waals surface area (Å²) in [5.41, 5.74) is 7.64. The van der Waals surface area contributed by atoms with Crippen LogP contribution in [0.1, 0.15) is 35.2 Å². The summed E-state index contributed by atoms with van der Waals surface area (Å²) in [4.78, 5) is 16.9. The van der Waals surface area contributed by atoms with Gasteiger partial charge in [0.05, 0.1) is 0 Å². The monoisotopic (exact) mass is 289 g/mol. The summed E-state index contributed by atoms with van der Waals surface area (Å²) < 4.78 is 0. The molecule has 0 bridgehead atoms. The van der Waals surface area contributed by atoms with Crippen molar-refractivity contribution < 1.29 is 4.79 Å². The van der Waals surface area contributed by atoms with Crippen molar-refractivity contribution >= 4 is 5.91 Å². The molecule has 2 rings (SSSR count). The summed E-state index contributed by atoms with van der Waals surface area (Å²) in [5, 5.41) is 0. The number of amides is 1. The molecule has 1 aromatic rings. The van der Waals surface area contributed by atoms with Gasteiger partial charge < -0.3 is 15.5 Å². The predicted molar refractivity (Wildman–Crippen MR) is 86.4 cm³/mol. The second-order valence-corrected chi connectivity index (χ2v) is 6.33. The van der Waals surface area contributed by atoms with E-state index in [1.807, 2.05) is 36.2 Å². The van der Waals surface area contributed by atoms with Gasteiger partial charge in [0.25, 0.3) is 5.91 Å². The number of carbonyl (C=O) groups excluding carboxylic acids is 1. The molecule has 0 spiro atoms. The zero-order valence-electron chi connectivity index (χ0n) is 13.4. The van der Waals surface area contributed by atoms with Crippen LogP contribution in [0.2, 0.25) is 0 Å². The third kappa shape index (κ3) is 3.27. The summed E-state index contributed by atoms with van der Waals surface area (Å²) in [6.45, 7) is 1.35. The van der Waals surface area contributed by atoms with Crippen molar-refractivity contribution in [3.63, 3.8) is 0 Å². The maximum absolute atomic E-state index is 12.7. The molecule has 0 atom stereocenters. The number of benzene rings is 1. The first kappa shape index (κ1) is 16.0. The quantitative estimate of drug-likeness (QED) is 0.868. The normalized spacial score (nSPS) is 16.6. The first-order chi connectivity index (χ1) is 10.00. The molecular formula is C17H27N3O. The van der Waals surface area contributed by atoms with Gasteiger partial charge in [-0.25, -0.2) is 0 Å². The van der Waals surface area contributed by atoms with Crippen molar-refractivity contribution in [1.82, 2.24) is 9.80 Å². The molecule has 1 saturated carbocycles. The van der Waals surface area contributed by atoms with Gasteiger partial charge in [0.2, 0.25) is 0 Å². The SMILES string of the molecule is CN(CC1(N(C)C)CCC1)C(=O)c1ccccc1CCN. The van der Waals surface area contributed by atoms with Crippen LogP contribution >= 0.6 is 0 Å². The van der Waals surface area contributed by atoms with Crippen LogP contribution in [0.25, 0.3) is 0 Å². The van der Waals surface area contributed by atoms with Crippen LogP contribution < -0.4 is 5.73 Å². The second-order valence-electron chi connectivity index (χ2n) is 6.33. The minimum Gasteiger partial charge on any atom is -0.340 e. The average Bonchev–Trinajstić information content (AvgIpc) is 2.42. The average molecular weight is 289 g/mol. The Morgan fingerprint density at radius 2 is 1.90 bits per heavy atom. The molecule has 0 aliphatic heterocycles. The molecule has 1 fully saturated rings. The highest BCUT2D eigenvalue weighted by Crippen LogP contribution is 2.36. The van der Waals surface area contributed by atoms with Gasteiger partial charge in [-0.15, -0.1) is 0 Å². The molecule has 2 N–H and O–H groups in total. The number of hydrogen-bond acceptors (Lipinski definition) is 3. The standard InChI is InChI=1S/C17H27N3O/c1-19(2)17(10-6-11-17)13-20(3)16(21)15-8-5-4-7-14(15)9-12-18/h4-5,7-8H,6,9-13,18H2,1-3H3. The highest BCUT2D eigenvalue weighted by atomic mass is 16.2. The summed E-state index contributed by atoms with van der Waals surface area (Å²) in [6.07, 6.45) is 4.34. The summed E-state index contributed by atoms with van der Waals surface area (Å²) >= 11 is 0. The fraction of sp³-hybridized carbons (Fsp3) is 0.588. The van der Waals surface area contributed by atoms with Crippen LogP contribution in [0.4, 0.5) is 0 Å². The Morgan fingerprint density at radius 1 is 1.24 bits per heavy atom. The third-order valence-corrected chi connectivity index (χ3v) is 4.77. The van der Waals surface area contributed by atoms with Gasteiger partial charge in [0.1, 0.15) is 0 Å². The number of hydrogen-bond donors (Lipinski definition) is 1. The largest absolute Gasteiger partial charge is 0.340 e. The van der Waals surface area contributed by atoms with E-state index in [1.54, 1.807) is 0 Å². The Bertz CT molecular complexity index is 495. The summed E-state index contributed by atoms with van der Waals surface area (Å²) in [5.74, 6) is 0.104. The lowest BCUT2D eigenvalue weighted by molar-refractivity contribution is 0.0252. The molecule has 0 radical (unpaired) electrons. The predicted octanol–water partition coefficient (Wildman–Crippen LogP) is 1.74. The lowest BCUT2D eigenvalue weighted by Crippen LogP contribution is -2.57. The maximum Gasteiger partial charge on any atom is 0.253 e. The Kier molecular flexibility index (Phi) is 5.01. The van der Waals surface area contributed by atoms with Crippen LogP contribution in [0.15, 0.2) is 24.3 Å². The Hall–Kier alpha value is -1.39. The van der Waals surface area contributed by atoms with E-state index in [2.05, 4.69) is 19.0 Å². The van der Waals surface area contributed by atoms with E-state index in [9.17, 15) is 4.79 Å². The Labute approximate surface area is 127 Å². The van der Waals surface area contributed by atoms with E-state index in [4.69, 9.17) is 5.73 Å². The van der Waals surface area contributed by atoms with Crippen LogP contribution in [0, 0.1) is 0 Å². The van der Waals surface area contributed by atoms with E-state index in [1.165, 1.54) is 19.3 Å². The summed E-state index contributed by atoms with van der Waals surface area (Å²) in [7, 11) is 6.13. The molecule has 1 aliphatic rings. The third-order valence-electron chi connectivity index (χ3n) is 4.77. The number of carbonyl (C=O) groups is 1. The van der Waals surface area contributed by atoms with Crippen LogP contribution in [-0.4, -0.2) is 55.5 Å². The molecular weight excluding hydrogens is 262 g/mol. The minimum absolute atomic E-state index is 0.104. The topological polar surface area (TPSA) is 49.6 Å². The van der Waals surface area contributed by atoms with Crippen molar-refractivity contribution in [2.75, 3.05) is 34.2 Å². The number of likely N-dealkylation sites (N-methyl/N-ethyl adjacent to an activating group) is 2. The van der Waals surface area contributed by atoms with Crippen molar-refractivity contribution in [2.45, 2.75) is 31.2 Å². The van der Waals surface area contributed by atoms with Crippen molar-refractivity contribution in [2.24, 2.45) is 5.73 Å².